The Bertz CT molecular complexity index is 327. The molecule has 1 heterocycles. The van der Waals surface area contributed by atoms with Gasteiger partial charge in [-0.05, 0) is 26.2 Å². The first kappa shape index (κ1) is 15.0. The molecule has 110 valence electrons. The number of ketones is 1. The third-order valence-electron chi connectivity index (χ3n) is 4.90. The lowest BCUT2D eigenvalue weighted by Gasteiger charge is -2.42. The highest BCUT2D eigenvalue weighted by atomic mass is 16.5. The van der Waals surface area contributed by atoms with Crippen LogP contribution in [0.4, 0.5) is 0 Å². The SMILES string of the molecule is CCC1COC(C)CN1CC1CCCC(C)(C)C1=O. The highest BCUT2D eigenvalue weighted by Gasteiger charge is 2.39. The molecule has 0 N–H and O–H groups in total. The van der Waals surface area contributed by atoms with Gasteiger partial charge in [0.15, 0.2) is 0 Å². The van der Waals surface area contributed by atoms with E-state index in [1.165, 1.54) is 6.42 Å². The van der Waals surface area contributed by atoms with Crippen molar-refractivity contribution in [3.63, 3.8) is 0 Å². The lowest BCUT2D eigenvalue weighted by atomic mass is 9.71. The maximum atomic E-state index is 12.5. The molecule has 2 aliphatic rings. The zero-order valence-corrected chi connectivity index (χ0v) is 12.9. The molecule has 0 aromatic rings. The van der Waals surface area contributed by atoms with Gasteiger partial charge in [-0.3, -0.25) is 9.69 Å². The van der Waals surface area contributed by atoms with E-state index in [9.17, 15) is 4.79 Å². The lowest BCUT2D eigenvalue weighted by molar-refractivity contribution is -0.136. The van der Waals surface area contributed by atoms with Gasteiger partial charge in [0.25, 0.3) is 0 Å². The second-order valence-electron chi connectivity index (χ2n) is 7.00. The van der Waals surface area contributed by atoms with E-state index in [1.807, 2.05) is 0 Å². The van der Waals surface area contributed by atoms with Crippen LogP contribution in [0.2, 0.25) is 0 Å². The van der Waals surface area contributed by atoms with Crippen molar-refractivity contribution in [2.45, 2.75) is 65.5 Å². The van der Waals surface area contributed by atoms with Gasteiger partial charge in [0.1, 0.15) is 5.78 Å². The predicted octanol–water partition coefficient (Wildman–Crippen LogP) is 2.88. The van der Waals surface area contributed by atoms with Gasteiger partial charge in [-0.1, -0.05) is 27.2 Å². The minimum atomic E-state index is -0.109. The summed E-state index contributed by atoms with van der Waals surface area (Å²) in [5.41, 5.74) is -0.109. The van der Waals surface area contributed by atoms with Gasteiger partial charge in [0.05, 0.1) is 12.7 Å². The molecule has 3 unspecified atom stereocenters. The zero-order valence-electron chi connectivity index (χ0n) is 12.9. The van der Waals surface area contributed by atoms with Crippen LogP contribution in [0.3, 0.4) is 0 Å². The Morgan fingerprint density at radius 1 is 1.42 bits per heavy atom. The van der Waals surface area contributed by atoms with Crippen molar-refractivity contribution in [1.29, 1.82) is 0 Å². The van der Waals surface area contributed by atoms with Crippen LogP contribution in [0, 0.1) is 11.3 Å². The third kappa shape index (κ3) is 3.38. The van der Waals surface area contributed by atoms with E-state index in [0.717, 1.165) is 39.0 Å². The Labute approximate surface area is 117 Å². The average molecular weight is 267 g/mol. The minimum absolute atomic E-state index is 0.109. The molecule has 3 nitrogen and oxygen atoms in total. The first-order valence-corrected chi connectivity index (χ1v) is 7.84. The van der Waals surface area contributed by atoms with Gasteiger partial charge < -0.3 is 4.74 Å². The molecule has 0 spiro atoms. The Morgan fingerprint density at radius 3 is 2.84 bits per heavy atom. The van der Waals surface area contributed by atoms with E-state index in [-0.39, 0.29) is 11.3 Å². The van der Waals surface area contributed by atoms with Crippen LogP contribution < -0.4 is 0 Å². The number of morpholine rings is 1. The predicted molar refractivity (Wildman–Crippen MR) is 77.2 cm³/mol. The van der Waals surface area contributed by atoms with Crippen molar-refractivity contribution >= 4 is 5.78 Å². The zero-order chi connectivity index (χ0) is 14.0. The molecule has 2 fully saturated rings. The first-order chi connectivity index (χ1) is 8.94. The largest absolute Gasteiger partial charge is 0.376 e. The highest BCUT2D eigenvalue weighted by Crippen LogP contribution is 2.36. The molecule has 3 atom stereocenters. The van der Waals surface area contributed by atoms with Gasteiger partial charge in [0.2, 0.25) is 0 Å². The summed E-state index contributed by atoms with van der Waals surface area (Å²) in [5.74, 6) is 0.718. The molecule has 0 radical (unpaired) electrons. The molecule has 0 aromatic carbocycles. The van der Waals surface area contributed by atoms with E-state index in [0.29, 0.717) is 17.9 Å². The maximum Gasteiger partial charge on any atom is 0.142 e. The van der Waals surface area contributed by atoms with E-state index < -0.39 is 0 Å². The van der Waals surface area contributed by atoms with Crippen LogP contribution in [0.1, 0.15) is 53.4 Å². The van der Waals surface area contributed by atoms with Gasteiger partial charge in [-0.25, -0.2) is 0 Å². The van der Waals surface area contributed by atoms with Crippen molar-refractivity contribution in [3.05, 3.63) is 0 Å². The summed E-state index contributed by atoms with van der Waals surface area (Å²) in [6, 6.07) is 0.494. The third-order valence-corrected chi connectivity index (χ3v) is 4.90. The number of ether oxygens (including phenoxy) is 1. The van der Waals surface area contributed by atoms with E-state index in [1.54, 1.807) is 0 Å². The molecular weight excluding hydrogens is 238 g/mol. The molecule has 1 aliphatic carbocycles. The molecule has 2 rings (SSSR count). The second kappa shape index (κ2) is 5.92. The summed E-state index contributed by atoms with van der Waals surface area (Å²) in [6.07, 6.45) is 4.73. The van der Waals surface area contributed by atoms with Crippen molar-refractivity contribution in [2.24, 2.45) is 11.3 Å². The monoisotopic (exact) mass is 267 g/mol. The summed E-state index contributed by atoms with van der Waals surface area (Å²) in [5, 5.41) is 0. The average Bonchev–Trinajstić information content (AvgIpc) is 2.35. The number of carbonyl (C=O) groups is 1. The van der Waals surface area contributed by atoms with Crippen molar-refractivity contribution < 1.29 is 9.53 Å². The Kier molecular flexibility index (Phi) is 4.67. The number of nitrogens with zero attached hydrogens (tertiary/aromatic N) is 1. The summed E-state index contributed by atoms with van der Waals surface area (Å²) in [7, 11) is 0. The molecule has 0 aromatic heterocycles. The number of hydrogen-bond donors (Lipinski definition) is 0. The van der Waals surface area contributed by atoms with E-state index in [2.05, 4.69) is 32.6 Å². The van der Waals surface area contributed by atoms with Crippen LogP contribution in [0.25, 0.3) is 0 Å². The standard InChI is InChI=1S/C16H29NO2/c1-5-14-11-19-12(2)9-17(14)10-13-7-6-8-16(3,4)15(13)18/h12-14H,5-11H2,1-4H3. The molecular formula is C16H29NO2. The Hall–Kier alpha value is -0.410. The summed E-state index contributed by atoms with van der Waals surface area (Å²) < 4.78 is 5.74. The number of carbonyl (C=O) groups excluding carboxylic acids is 1. The number of Topliss-reactive ketones (excluding diaryl/α,β-unsaturated/α-hetero) is 1. The summed E-state index contributed by atoms with van der Waals surface area (Å²) >= 11 is 0. The molecule has 1 saturated carbocycles. The van der Waals surface area contributed by atoms with Crippen molar-refractivity contribution in [2.75, 3.05) is 19.7 Å². The first-order valence-electron chi connectivity index (χ1n) is 7.84. The lowest BCUT2D eigenvalue weighted by Crippen LogP contribution is -2.52. The van der Waals surface area contributed by atoms with Crippen LogP contribution in [-0.4, -0.2) is 42.5 Å². The van der Waals surface area contributed by atoms with Gasteiger partial charge in [0, 0.05) is 30.5 Å². The van der Waals surface area contributed by atoms with Crippen LogP contribution >= 0.6 is 0 Å². The molecule has 3 heteroatoms. The minimum Gasteiger partial charge on any atom is -0.376 e. The second-order valence-corrected chi connectivity index (χ2v) is 7.00. The molecule has 0 bridgehead atoms. The molecule has 19 heavy (non-hydrogen) atoms. The van der Waals surface area contributed by atoms with Crippen LogP contribution in [-0.2, 0) is 9.53 Å². The smallest absolute Gasteiger partial charge is 0.142 e. The van der Waals surface area contributed by atoms with Gasteiger partial charge in [-0.15, -0.1) is 0 Å². The highest BCUT2D eigenvalue weighted by molar-refractivity contribution is 5.87. The van der Waals surface area contributed by atoms with Crippen molar-refractivity contribution in [1.82, 2.24) is 4.90 Å². The summed E-state index contributed by atoms with van der Waals surface area (Å²) in [4.78, 5) is 15.0. The van der Waals surface area contributed by atoms with E-state index in [4.69, 9.17) is 4.74 Å². The molecule has 0 amide bonds. The van der Waals surface area contributed by atoms with Gasteiger partial charge >= 0.3 is 0 Å². The van der Waals surface area contributed by atoms with Crippen LogP contribution in [0.5, 0.6) is 0 Å². The normalized spacial score (nSPS) is 36.4. The van der Waals surface area contributed by atoms with Crippen LogP contribution in [0.15, 0.2) is 0 Å². The Morgan fingerprint density at radius 2 is 2.16 bits per heavy atom. The van der Waals surface area contributed by atoms with Gasteiger partial charge in [-0.2, -0.15) is 0 Å². The maximum absolute atomic E-state index is 12.5. The van der Waals surface area contributed by atoms with E-state index >= 15 is 0 Å². The fourth-order valence-electron chi connectivity index (χ4n) is 3.57. The molecule has 1 aliphatic heterocycles. The summed E-state index contributed by atoms with van der Waals surface area (Å²) in [6.45, 7) is 11.3. The molecule has 1 saturated heterocycles. The van der Waals surface area contributed by atoms with Crippen molar-refractivity contribution in [3.8, 4) is 0 Å². The Balaban J connectivity index is 2.00. The fraction of sp³-hybridized carbons (Fsp3) is 0.938. The topological polar surface area (TPSA) is 29.5 Å². The number of rotatable bonds is 3. The fourth-order valence-corrected chi connectivity index (χ4v) is 3.57. The quantitative estimate of drug-likeness (QED) is 0.787. The number of hydrogen-bond acceptors (Lipinski definition) is 3.